The van der Waals surface area contributed by atoms with Crippen molar-refractivity contribution in [1.29, 1.82) is 0 Å². The van der Waals surface area contributed by atoms with Gasteiger partial charge in [0.25, 0.3) is 5.91 Å². The number of carbonyl (C=O) groups excluding carboxylic acids is 1. The number of amides is 1. The van der Waals surface area contributed by atoms with Crippen LogP contribution in [0, 0.1) is 0 Å². The highest BCUT2D eigenvalue weighted by Crippen LogP contribution is 2.03. The summed E-state index contributed by atoms with van der Waals surface area (Å²) in [6, 6.07) is 2.96. The van der Waals surface area contributed by atoms with Gasteiger partial charge >= 0.3 is 0 Å². The molecule has 0 unspecified atom stereocenters. The van der Waals surface area contributed by atoms with Gasteiger partial charge in [0.2, 0.25) is 5.88 Å². The third-order valence-electron chi connectivity index (χ3n) is 1.26. The van der Waals surface area contributed by atoms with Gasteiger partial charge in [-0.25, -0.2) is 0 Å². The minimum absolute atomic E-state index is 0.111. The van der Waals surface area contributed by atoms with Crippen molar-refractivity contribution in [3.05, 3.63) is 17.8 Å². The zero-order chi connectivity index (χ0) is 9.68. The monoisotopic (exact) mass is 182 g/mol. The first kappa shape index (κ1) is 9.40. The number of rotatable bonds is 4. The first-order valence-corrected chi connectivity index (χ1v) is 3.70. The van der Waals surface area contributed by atoms with Gasteiger partial charge in [-0.15, -0.1) is 10.2 Å². The fraction of sp³-hybridized carbons (Fsp3) is 0.286. The van der Waals surface area contributed by atoms with E-state index in [0.29, 0.717) is 19.0 Å². The summed E-state index contributed by atoms with van der Waals surface area (Å²) in [6.45, 7) is 0.768. The fourth-order valence-corrected chi connectivity index (χ4v) is 0.692. The molecule has 0 spiro atoms. The zero-order valence-electron chi connectivity index (χ0n) is 6.93. The Bertz CT molecular complexity index is 285. The Morgan fingerprint density at radius 1 is 1.46 bits per heavy atom. The van der Waals surface area contributed by atoms with Crippen molar-refractivity contribution < 1.29 is 9.53 Å². The smallest absolute Gasteiger partial charge is 0.269 e. The Kier molecular flexibility index (Phi) is 3.15. The number of primary amides is 1. The average Bonchev–Trinajstić information content (AvgIpc) is 2.15. The molecule has 13 heavy (non-hydrogen) atoms. The third kappa shape index (κ3) is 2.68. The minimum Gasteiger partial charge on any atom is -0.475 e. The Hall–Kier alpha value is -1.69. The van der Waals surface area contributed by atoms with Gasteiger partial charge in [0, 0.05) is 12.6 Å². The summed E-state index contributed by atoms with van der Waals surface area (Å²) in [4.78, 5) is 10.6. The van der Waals surface area contributed by atoms with Crippen molar-refractivity contribution in [2.45, 2.75) is 0 Å². The van der Waals surface area contributed by atoms with Crippen LogP contribution in [0.3, 0.4) is 0 Å². The van der Waals surface area contributed by atoms with Crippen molar-refractivity contribution in [3.63, 3.8) is 0 Å². The van der Waals surface area contributed by atoms with E-state index in [9.17, 15) is 4.79 Å². The third-order valence-corrected chi connectivity index (χ3v) is 1.26. The van der Waals surface area contributed by atoms with Crippen molar-refractivity contribution in [1.82, 2.24) is 10.2 Å². The standard InChI is InChI=1S/C7H10N4O2/c8-3-4-13-6-2-1-5(7(9)12)10-11-6/h1-2H,3-4,8H2,(H2,9,12). The number of aromatic nitrogens is 2. The number of hydrogen-bond donors (Lipinski definition) is 2. The largest absolute Gasteiger partial charge is 0.475 e. The molecule has 0 aliphatic carbocycles. The Morgan fingerprint density at radius 2 is 2.23 bits per heavy atom. The molecule has 70 valence electrons. The predicted octanol–water partition coefficient (Wildman–Crippen LogP) is -1.09. The molecular formula is C7H10N4O2. The van der Waals surface area contributed by atoms with Gasteiger partial charge in [-0.05, 0) is 6.07 Å². The maximum Gasteiger partial charge on any atom is 0.269 e. The molecule has 6 nitrogen and oxygen atoms in total. The SMILES string of the molecule is NCCOc1ccc(C(N)=O)nn1. The summed E-state index contributed by atoms with van der Waals surface area (Å²) >= 11 is 0. The lowest BCUT2D eigenvalue weighted by molar-refractivity contribution is 0.0994. The average molecular weight is 182 g/mol. The summed E-state index contributed by atoms with van der Waals surface area (Å²) in [6.07, 6.45) is 0. The Morgan fingerprint density at radius 3 is 2.69 bits per heavy atom. The van der Waals surface area contributed by atoms with Crippen LogP contribution in [0.4, 0.5) is 0 Å². The van der Waals surface area contributed by atoms with E-state index in [4.69, 9.17) is 16.2 Å². The molecule has 1 rings (SSSR count). The zero-order valence-corrected chi connectivity index (χ0v) is 6.93. The predicted molar refractivity (Wildman–Crippen MR) is 45.1 cm³/mol. The van der Waals surface area contributed by atoms with E-state index >= 15 is 0 Å². The molecule has 1 aromatic rings. The molecular weight excluding hydrogens is 172 g/mol. The summed E-state index contributed by atoms with van der Waals surface area (Å²) in [5.74, 6) is -0.284. The quantitative estimate of drug-likeness (QED) is 0.615. The first-order valence-electron chi connectivity index (χ1n) is 3.70. The van der Waals surface area contributed by atoms with E-state index in [1.165, 1.54) is 12.1 Å². The second-order valence-electron chi connectivity index (χ2n) is 2.26. The molecule has 0 saturated carbocycles. The van der Waals surface area contributed by atoms with Crippen molar-refractivity contribution in [2.75, 3.05) is 13.2 Å². The van der Waals surface area contributed by atoms with Crippen molar-refractivity contribution in [2.24, 2.45) is 11.5 Å². The van der Waals surface area contributed by atoms with Crippen LogP contribution in [0.1, 0.15) is 10.5 Å². The summed E-state index contributed by atoms with van der Waals surface area (Å²) < 4.78 is 5.04. The molecule has 1 amide bonds. The summed E-state index contributed by atoms with van der Waals surface area (Å²) in [7, 11) is 0. The molecule has 0 radical (unpaired) electrons. The van der Waals surface area contributed by atoms with Crippen LogP contribution in [0.15, 0.2) is 12.1 Å². The van der Waals surface area contributed by atoms with E-state index in [1.807, 2.05) is 0 Å². The fourth-order valence-electron chi connectivity index (χ4n) is 0.692. The molecule has 0 bridgehead atoms. The van der Waals surface area contributed by atoms with Gasteiger partial charge in [0.1, 0.15) is 6.61 Å². The topological polar surface area (TPSA) is 104 Å². The second kappa shape index (κ2) is 4.36. The van der Waals surface area contributed by atoms with E-state index in [-0.39, 0.29) is 5.69 Å². The molecule has 0 aromatic carbocycles. The normalized spacial score (nSPS) is 9.62. The van der Waals surface area contributed by atoms with Gasteiger partial charge in [-0.3, -0.25) is 4.79 Å². The molecule has 1 heterocycles. The van der Waals surface area contributed by atoms with Crippen LogP contribution in [0.2, 0.25) is 0 Å². The van der Waals surface area contributed by atoms with Crippen LogP contribution in [-0.2, 0) is 0 Å². The summed E-state index contributed by atoms with van der Waals surface area (Å²) in [5, 5.41) is 7.15. The van der Waals surface area contributed by atoms with Crippen molar-refractivity contribution in [3.8, 4) is 5.88 Å². The minimum atomic E-state index is -0.613. The molecule has 0 atom stereocenters. The molecule has 1 aromatic heterocycles. The first-order chi connectivity index (χ1) is 6.24. The molecule has 0 aliphatic rings. The van der Waals surface area contributed by atoms with Crippen molar-refractivity contribution >= 4 is 5.91 Å². The number of carbonyl (C=O) groups is 1. The van der Waals surface area contributed by atoms with E-state index < -0.39 is 5.91 Å². The van der Waals surface area contributed by atoms with Gasteiger partial charge in [0.15, 0.2) is 5.69 Å². The maximum absolute atomic E-state index is 10.6. The maximum atomic E-state index is 10.6. The lowest BCUT2D eigenvalue weighted by Gasteiger charge is -2.01. The highest BCUT2D eigenvalue weighted by Gasteiger charge is 2.02. The van der Waals surface area contributed by atoms with Crippen LogP contribution >= 0.6 is 0 Å². The Balaban J connectivity index is 2.64. The molecule has 0 fully saturated rings. The van der Waals surface area contributed by atoms with Gasteiger partial charge in [0.05, 0.1) is 0 Å². The van der Waals surface area contributed by atoms with E-state index in [0.717, 1.165) is 0 Å². The molecule has 4 N–H and O–H groups in total. The number of hydrogen-bond acceptors (Lipinski definition) is 5. The highest BCUT2D eigenvalue weighted by molar-refractivity contribution is 5.90. The van der Waals surface area contributed by atoms with Gasteiger partial charge in [-0.2, -0.15) is 0 Å². The number of nitrogens with two attached hydrogens (primary N) is 2. The molecule has 0 aliphatic heterocycles. The van der Waals surface area contributed by atoms with Crippen LogP contribution in [0.5, 0.6) is 5.88 Å². The second-order valence-corrected chi connectivity index (χ2v) is 2.26. The lowest BCUT2D eigenvalue weighted by Crippen LogP contribution is -2.15. The highest BCUT2D eigenvalue weighted by atomic mass is 16.5. The van der Waals surface area contributed by atoms with E-state index in [2.05, 4.69) is 10.2 Å². The lowest BCUT2D eigenvalue weighted by atomic mass is 10.4. The molecule has 0 saturated heterocycles. The number of nitrogens with zero attached hydrogens (tertiary/aromatic N) is 2. The van der Waals surface area contributed by atoms with Gasteiger partial charge < -0.3 is 16.2 Å². The van der Waals surface area contributed by atoms with Gasteiger partial charge in [-0.1, -0.05) is 0 Å². The number of ether oxygens (including phenoxy) is 1. The Labute approximate surface area is 74.9 Å². The molecule has 6 heteroatoms. The van der Waals surface area contributed by atoms with Crippen LogP contribution < -0.4 is 16.2 Å². The van der Waals surface area contributed by atoms with Crippen LogP contribution in [-0.4, -0.2) is 29.3 Å². The van der Waals surface area contributed by atoms with E-state index in [1.54, 1.807) is 0 Å². The van der Waals surface area contributed by atoms with Crippen LogP contribution in [0.25, 0.3) is 0 Å². The summed E-state index contributed by atoms with van der Waals surface area (Å²) in [5.41, 5.74) is 10.3.